The van der Waals surface area contributed by atoms with Crippen LogP contribution in [0.3, 0.4) is 0 Å². The van der Waals surface area contributed by atoms with Gasteiger partial charge in [-0.05, 0) is 5.56 Å². The number of nitrogens with zero attached hydrogens (tertiary/aromatic N) is 3. The number of thiazole rings is 1. The van der Waals surface area contributed by atoms with Crippen LogP contribution in [0.1, 0.15) is 27.7 Å². The van der Waals surface area contributed by atoms with Gasteiger partial charge in [0.1, 0.15) is 0 Å². The summed E-state index contributed by atoms with van der Waals surface area (Å²) in [6, 6.07) is 9.92. The molecule has 9 heteroatoms. The van der Waals surface area contributed by atoms with Gasteiger partial charge in [-0.1, -0.05) is 41.7 Å². The zero-order valence-electron chi connectivity index (χ0n) is 12.3. The molecule has 2 aromatic heterocycles. The molecule has 1 aromatic carbocycles. The van der Waals surface area contributed by atoms with Crippen molar-refractivity contribution >= 4 is 33.7 Å². The molecule has 0 aliphatic heterocycles. The third-order valence-electron chi connectivity index (χ3n) is 3.01. The zero-order valence-corrected chi connectivity index (χ0v) is 13.9. The van der Waals surface area contributed by atoms with Crippen molar-refractivity contribution < 1.29 is 13.6 Å². The summed E-state index contributed by atoms with van der Waals surface area (Å²) >= 11 is 2.15. The maximum Gasteiger partial charge on any atom is 0.291 e. The molecular formula is C15H12F2N4OS2. The Bertz CT molecular complexity index is 820. The van der Waals surface area contributed by atoms with Crippen molar-refractivity contribution in [3.05, 3.63) is 57.0 Å². The van der Waals surface area contributed by atoms with Crippen LogP contribution in [0.25, 0.3) is 0 Å². The van der Waals surface area contributed by atoms with Crippen molar-refractivity contribution in [1.29, 1.82) is 0 Å². The summed E-state index contributed by atoms with van der Waals surface area (Å²) in [5.74, 6) is -0.358. The van der Waals surface area contributed by atoms with E-state index in [1.54, 1.807) is 0 Å². The highest BCUT2D eigenvalue weighted by molar-refractivity contribution is 7.15. The minimum atomic E-state index is -2.69. The number of halogens is 2. The average Bonchev–Trinajstić information content (AvgIpc) is 3.18. The highest BCUT2D eigenvalue weighted by Crippen LogP contribution is 2.25. The zero-order chi connectivity index (χ0) is 16.9. The van der Waals surface area contributed by atoms with E-state index in [1.807, 2.05) is 35.7 Å². The standard InChI is InChI=1S/C15H12F2N4OS2/c16-13(17)14-20-21-15(24-14)19-11(22)7-10-8-23-12(18-10)6-9-4-2-1-3-5-9/h1-5,8,13H,6-7H2,(H,19,21,22). The molecule has 0 bridgehead atoms. The first-order valence-corrected chi connectivity index (χ1v) is 8.68. The summed E-state index contributed by atoms with van der Waals surface area (Å²) in [6.07, 6.45) is -1.91. The number of nitrogens with one attached hydrogen (secondary N) is 1. The van der Waals surface area contributed by atoms with Crippen molar-refractivity contribution in [2.24, 2.45) is 0 Å². The first-order valence-electron chi connectivity index (χ1n) is 6.99. The molecule has 0 aliphatic rings. The number of amides is 1. The van der Waals surface area contributed by atoms with Crippen LogP contribution in [-0.4, -0.2) is 21.1 Å². The molecule has 3 rings (SSSR count). The molecule has 2 heterocycles. The minimum absolute atomic E-state index is 0.0644. The lowest BCUT2D eigenvalue weighted by Gasteiger charge is -1.98. The molecule has 124 valence electrons. The molecule has 24 heavy (non-hydrogen) atoms. The van der Waals surface area contributed by atoms with Gasteiger partial charge in [-0.15, -0.1) is 21.5 Å². The maximum absolute atomic E-state index is 12.4. The van der Waals surface area contributed by atoms with Crippen molar-refractivity contribution in [2.75, 3.05) is 5.32 Å². The molecule has 0 aliphatic carbocycles. The van der Waals surface area contributed by atoms with E-state index in [2.05, 4.69) is 20.5 Å². The van der Waals surface area contributed by atoms with Gasteiger partial charge in [0.05, 0.1) is 17.1 Å². The van der Waals surface area contributed by atoms with Gasteiger partial charge in [-0.2, -0.15) is 0 Å². The molecule has 0 radical (unpaired) electrons. The van der Waals surface area contributed by atoms with Crippen LogP contribution in [0, 0.1) is 0 Å². The number of hydrogen-bond acceptors (Lipinski definition) is 6. The van der Waals surface area contributed by atoms with Crippen molar-refractivity contribution in [3.8, 4) is 0 Å². The van der Waals surface area contributed by atoms with Gasteiger partial charge in [0, 0.05) is 11.8 Å². The molecule has 5 nitrogen and oxygen atoms in total. The summed E-state index contributed by atoms with van der Waals surface area (Å²) in [7, 11) is 0. The summed E-state index contributed by atoms with van der Waals surface area (Å²) in [6.45, 7) is 0. The van der Waals surface area contributed by atoms with E-state index in [-0.39, 0.29) is 17.5 Å². The lowest BCUT2D eigenvalue weighted by molar-refractivity contribution is -0.115. The number of anilines is 1. The van der Waals surface area contributed by atoms with Crippen LogP contribution in [-0.2, 0) is 17.6 Å². The Labute approximate surface area is 144 Å². The molecule has 1 amide bonds. The van der Waals surface area contributed by atoms with Crippen molar-refractivity contribution in [2.45, 2.75) is 19.3 Å². The van der Waals surface area contributed by atoms with Gasteiger partial charge in [-0.25, -0.2) is 13.8 Å². The van der Waals surface area contributed by atoms with E-state index in [9.17, 15) is 13.6 Å². The van der Waals surface area contributed by atoms with E-state index in [1.165, 1.54) is 11.3 Å². The fourth-order valence-electron chi connectivity index (χ4n) is 1.98. The van der Waals surface area contributed by atoms with E-state index >= 15 is 0 Å². The van der Waals surface area contributed by atoms with Crippen molar-refractivity contribution in [1.82, 2.24) is 15.2 Å². The summed E-state index contributed by atoms with van der Waals surface area (Å²) < 4.78 is 24.9. The second kappa shape index (κ2) is 7.54. The fourth-order valence-corrected chi connectivity index (χ4v) is 3.43. The quantitative estimate of drug-likeness (QED) is 0.722. The molecule has 0 fully saturated rings. The minimum Gasteiger partial charge on any atom is -0.300 e. The molecule has 0 spiro atoms. The van der Waals surface area contributed by atoms with Gasteiger partial charge in [0.25, 0.3) is 6.43 Å². The first kappa shape index (κ1) is 16.6. The summed E-state index contributed by atoms with van der Waals surface area (Å²) in [4.78, 5) is 16.4. The number of hydrogen-bond donors (Lipinski definition) is 1. The first-order chi connectivity index (χ1) is 11.6. The van der Waals surface area contributed by atoms with Gasteiger partial charge in [-0.3, -0.25) is 4.79 Å². The van der Waals surface area contributed by atoms with Crippen LogP contribution >= 0.6 is 22.7 Å². The molecule has 0 saturated carbocycles. The van der Waals surface area contributed by atoms with Crippen LogP contribution in [0.15, 0.2) is 35.7 Å². The SMILES string of the molecule is O=C(Cc1csc(Cc2ccccc2)n1)Nc1nnc(C(F)F)s1. The largest absolute Gasteiger partial charge is 0.300 e. The summed E-state index contributed by atoms with van der Waals surface area (Å²) in [5.41, 5.74) is 1.79. The lowest BCUT2D eigenvalue weighted by Crippen LogP contribution is -2.14. The lowest BCUT2D eigenvalue weighted by atomic mass is 10.2. The Kier molecular flexibility index (Phi) is 5.21. The van der Waals surface area contributed by atoms with Crippen LogP contribution in [0.5, 0.6) is 0 Å². The van der Waals surface area contributed by atoms with E-state index in [0.717, 1.165) is 10.6 Å². The number of carbonyl (C=O) groups excluding carboxylic acids is 1. The average molecular weight is 366 g/mol. The van der Waals surface area contributed by atoms with E-state index < -0.39 is 11.4 Å². The maximum atomic E-state index is 12.4. The normalized spacial score (nSPS) is 11.0. The Hall–Kier alpha value is -2.26. The van der Waals surface area contributed by atoms with Crippen LogP contribution in [0.2, 0.25) is 0 Å². The Morgan fingerprint density at radius 2 is 2.00 bits per heavy atom. The molecule has 0 atom stereocenters. The fraction of sp³-hybridized carbons (Fsp3) is 0.200. The molecule has 1 N–H and O–H groups in total. The highest BCUT2D eigenvalue weighted by Gasteiger charge is 2.16. The number of alkyl halides is 2. The third kappa shape index (κ3) is 4.39. The predicted octanol–water partition coefficient (Wildman–Crippen LogP) is 3.70. The van der Waals surface area contributed by atoms with Crippen LogP contribution in [0.4, 0.5) is 13.9 Å². The molecule has 0 unspecified atom stereocenters. The van der Waals surface area contributed by atoms with E-state index in [0.29, 0.717) is 23.5 Å². The Morgan fingerprint density at radius 1 is 1.21 bits per heavy atom. The Balaban J connectivity index is 1.56. The van der Waals surface area contributed by atoms with Gasteiger partial charge >= 0.3 is 0 Å². The molecule has 0 saturated heterocycles. The van der Waals surface area contributed by atoms with Gasteiger partial charge in [0.15, 0.2) is 5.01 Å². The smallest absolute Gasteiger partial charge is 0.291 e. The molecular weight excluding hydrogens is 354 g/mol. The van der Waals surface area contributed by atoms with Gasteiger partial charge < -0.3 is 5.32 Å². The third-order valence-corrected chi connectivity index (χ3v) is 4.76. The summed E-state index contributed by atoms with van der Waals surface area (Å²) in [5, 5.41) is 11.7. The topological polar surface area (TPSA) is 67.8 Å². The van der Waals surface area contributed by atoms with Gasteiger partial charge in [0.2, 0.25) is 11.0 Å². The monoisotopic (exact) mass is 366 g/mol. The van der Waals surface area contributed by atoms with E-state index in [4.69, 9.17) is 0 Å². The number of carbonyl (C=O) groups is 1. The van der Waals surface area contributed by atoms with Crippen molar-refractivity contribution in [3.63, 3.8) is 0 Å². The predicted molar refractivity (Wildman–Crippen MR) is 88.6 cm³/mol. The highest BCUT2D eigenvalue weighted by atomic mass is 32.1. The van der Waals surface area contributed by atoms with Crippen LogP contribution < -0.4 is 5.32 Å². The number of aromatic nitrogens is 3. The Morgan fingerprint density at radius 3 is 2.71 bits per heavy atom. The second-order valence-corrected chi connectivity index (χ2v) is 6.82. The number of rotatable bonds is 6. The second-order valence-electron chi connectivity index (χ2n) is 4.87. The molecule has 3 aromatic rings. The number of benzene rings is 1.